The molecule has 1 atom stereocenters. The fraction of sp³-hybridized carbons (Fsp3) is 0.308. The second-order valence-corrected chi connectivity index (χ2v) is 5.91. The molecule has 1 aromatic heterocycles. The first kappa shape index (κ1) is 13.8. The van der Waals surface area contributed by atoms with Gasteiger partial charge in [-0.05, 0) is 24.6 Å². The van der Waals surface area contributed by atoms with Gasteiger partial charge in [0, 0.05) is 28.4 Å². The van der Waals surface area contributed by atoms with Crippen LogP contribution >= 0.6 is 34.5 Å². The number of hydrogen-bond donors (Lipinski definition) is 1. The smallest absolute Gasteiger partial charge is 0.0948 e. The predicted octanol–water partition coefficient (Wildman–Crippen LogP) is 4.40. The summed E-state index contributed by atoms with van der Waals surface area (Å²) in [6, 6.07) is 5.56. The Hall–Kier alpha value is -0.610. The van der Waals surface area contributed by atoms with Crippen molar-refractivity contribution in [2.24, 2.45) is 5.73 Å². The van der Waals surface area contributed by atoms with Crippen LogP contribution in [0.5, 0.6) is 0 Å². The molecule has 0 saturated carbocycles. The van der Waals surface area contributed by atoms with Gasteiger partial charge in [0.05, 0.1) is 15.7 Å². The quantitative estimate of drug-likeness (QED) is 0.909. The molecule has 0 amide bonds. The van der Waals surface area contributed by atoms with Gasteiger partial charge in [0.1, 0.15) is 0 Å². The van der Waals surface area contributed by atoms with E-state index in [4.69, 9.17) is 28.9 Å². The molecule has 5 heteroatoms. The van der Waals surface area contributed by atoms with Crippen LogP contribution in [0.1, 0.15) is 18.4 Å². The van der Waals surface area contributed by atoms with E-state index >= 15 is 0 Å². The zero-order valence-corrected chi connectivity index (χ0v) is 12.3. The minimum Gasteiger partial charge on any atom is -0.327 e. The van der Waals surface area contributed by atoms with Crippen LogP contribution in [0.3, 0.4) is 0 Å². The second kappa shape index (κ2) is 6.02. The highest BCUT2D eigenvalue weighted by Crippen LogP contribution is 2.31. The minimum atomic E-state index is 0.166. The molecule has 2 rings (SSSR count). The lowest BCUT2D eigenvalue weighted by molar-refractivity contribution is 0.644. The molecular weight excluding hydrogens is 287 g/mol. The number of nitrogens with two attached hydrogens (primary N) is 1. The van der Waals surface area contributed by atoms with Crippen LogP contribution in [-0.2, 0) is 6.42 Å². The lowest BCUT2D eigenvalue weighted by Crippen LogP contribution is -2.21. The molecule has 0 bridgehead atoms. The molecular formula is C13H14Cl2N2S. The average Bonchev–Trinajstić information content (AvgIpc) is 2.80. The van der Waals surface area contributed by atoms with Gasteiger partial charge >= 0.3 is 0 Å². The van der Waals surface area contributed by atoms with Gasteiger partial charge in [0.15, 0.2) is 0 Å². The fourth-order valence-corrected chi connectivity index (χ4v) is 2.87. The van der Waals surface area contributed by atoms with E-state index < -0.39 is 0 Å². The summed E-state index contributed by atoms with van der Waals surface area (Å²) >= 11 is 13.7. The van der Waals surface area contributed by atoms with Crippen LogP contribution in [0.25, 0.3) is 11.3 Å². The molecule has 0 aliphatic carbocycles. The first-order chi connectivity index (χ1) is 8.60. The second-order valence-electron chi connectivity index (χ2n) is 4.12. The molecule has 0 saturated heterocycles. The molecule has 1 aromatic carbocycles. The van der Waals surface area contributed by atoms with Gasteiger partial charge in [-0.3, -0.25) is 0 Å². The number of hydrogen-bond acceptors (Lipinski definition) is 3. The lowest BCUT2D eigenvalue weighted by atomic mass is 10.1. The third-order valence-corrected chi connectivity index (χ3v) is 4.15. The Kier molecular flexibility index (Phi) is 4.62. The Morgan fingerprint density at radius 2 is 2.17 bits per heavy atom. The van der Waals surface area contributed by atoms with Gasteiger partial charge in [-0.1, -0.05) is 30.1 Å². The van der Waals surface area contributed by atoms with Crippen molar-refractivity contribution in [2.45, 2.75) is 25.8 Å². The maximum atomic E-state index is 6.15. The molecule has 0 aliphatic rings. The van der Waals surface area contributed by atoms with Crippen LogP contribution in [0.2, 0.25) is 10.0 Å². The summed E-state index contributed by atoms with van der Waals surface area (Å²) in [4.78, 5) is 4.57. The topological polar surface area (TPSA) is 38.9 Å². The zero-order valence-electron chi connectivity index (χ0n) is 9.99. The molecule has 0 spiro atoms. The molecule has 18 heavy (non-hydrogen) atoms. The maximum absolute atomic E-state index is 6.15. The van der Waals surface area contributed by atoms with Crippen molar-refractivity contribution < 1.29 is 0 Å². The number of aromatic nitrogens is 1. The summed E-state index contributed by atoms with van der Waals surface area (Å²) in [5.74, 6) is 0. The van der Waals surface area contributed by atoms with Crippen LogP contribution < -0.4 is 5.73 Å². The van der Waals surface area contributed by atoms with Crippen LogP contribution in [0.15, 0.2) is 23.6 Å². The molecule has 96 valence electrons. The van der Waals surface area contributed by atoms with Crippen LogP contribution in [0, 0.1) is 0 Å². The van der Waals surface area contributed by atoms with Crippen molar-refractivity contribution in [3.8, 4) is 11.3 Å². The largest absolute Gasteiger partial charge is 0.327 e. The standard InChI is InChI=1S/C13H14Cl2N2S/c1-2-9(16)6-13-17-12(7-18-13)10-5-8(14)3-4-11(10)15/h3-5,7,9H,2,6,16H2,1H3. The molecule has 2 N–H and O–H groups in total. The van der Waals surface area contributed by atoms with E-state index in [0.29, 0.717) is 10.0 Å². The van der Waals surface area contributed by atoms with Gasteiger partial charge in [-0.15, -0.1) is 11.3 Å². The Morgan fingerprint density at radius 3 is 2.89 bits per heavy atom. The summed E-state index contributed by atoms with van der Waals surface area (Å²) in [5.41, 5.74) is 7.66. The van der Waals surface area contributed by atoms with Crippen molar-refractivity contribution >= 4 is 34.5 Å². The average molecular weight is 301 g/mol. The molecule has 2 aromatic rings. The Bertz CT molecular complexity index is 540. The first-order valence-electron chi connectivity index (χ1n) is 5.75. The van der Waals surface area contributed by atoms with Gasteiger partial charge in [0.25, 0.3) is 0 Å². The third kappa shape index (κ3) is 3.23. The molecule has 0 radical (unpaired) electrons. The van der Waals surface area contributed by atoms with E-state index in [1.807, 2.05) is 11.4 Å². The highest BCUT2D eigenvalue weighted by atomic mass is 35.5. The number of benzene rings is 1. The number of halogens is 2. The molecule has 1 unspecified atom stereocenters. The lowest BCUT2D eigenvalue weighted by Gasteiger charge is -2.04. The van der Waals surface area contributed by atoms with E-state index in [1.54, 1.807) is 23.5 Å². The summed E-state index contributed by atoms with van der Waals surface area (Å²) in [7, 11) is 0. The van der Waals surface area contributed by atoms with Gasteiger partial charge in [-0.25, -0.2) is 4.98 Å². The fourth-order valence-electron chi connectivity index (χ4n) is 1.59. The molecule has 2 nitrogen and oxygen atoms in total. The van der Waals surface area contributed by atoms with Crippen molar-refractivity contribution in [3.63, 3.8) is 0 Å². The summed E-state index contributed by atoms with van der Waals surface area (Å²) in [6.45, 7) is 2.08. The van der Waals surface area contributed by atoms with E-state index in [0.717, 1.165) is 29.1 Å². The van der Waals surface area contributed by atoms with Crippen molar-refractivity contribution in [2.75, 3.05) is 0 Å². The van der Waals surface area contributed by atoms with Crippen LogP contribution in [0.4, 0.5) is 0 Å². The minimum absolute atomic E-state index is 0.166. The number of thiazole rings is 1. The van der Waals surface area contributed by atoms with Crippen molar-refractivity contribution in [1.29, 1.82) is 0 Å². The van der Waals surface area contributed by atoms with Gasteiger partial charge in [0.2, 0.25) is 0 Å². The highest BCUT2D eigenvalue weighted by molar-refractivity contribution is 7.10. The summed E-state index contributed by atoms with van der Waals surface area (Å²) < 4.78 is 0. The SMILES string of the molecule is CCC(N)Cc1nc(-c2cc(Cl)ccc2Cl)cs1. The van der Waals surface area contributed by atoms with E-state index in [1.165, 1.54) is 0 Å². The van der Waals surface area contributed by atoms with Gasteiger partial charge in [-0.2, -0.15) is 0 Å². The predicted molar refractivity (Wildman–Crippen MR) is 79.5 cm³/mol. The summed E-state index contributed by atoms with van der Waals surface area (Å²) in [6.07, 6.45) is 1.76. The summed E-state index contributed by atoms with van der Waals surface area (Å²) in [5, 5.41) is 4.36. The van der Waals surface area contributed by atoms with E-state index in [9.17, 15) is 0 Å². The molecule has 0 fully saturated rings. The van der Waals surface area contributed by atoms with Crippen molar-refractivity contribution in [3.05, 3.63) is 38.6 Å². The Morgan fingerprint density at radius 1 is 1.39 bits per heavy atom. The monoisotopic (exact) mass is 300 g/mol. The highest BCUT2D eigenvalue weighted by Gasteiger charge is 2.10. The molecule has 1 heterocycles. The number of rotatable bonds is 4. The van der Waals surface area contributed by atoms with Gasteiger partial charge < -0.3 is 5.73 Å². The Balaban J connectivity index is 2.26. The first-order valence-corrected chi connectivity index (χ1v) is 7.39. The normalized spacial score (nSPS) is 12.7. The zero-order chi connectivity index (χ0) is 13.1. The Labute approximate surface area is 121 Å². The van der Waals surface area contributed by atoms with E-state index in [2.05, 4.69) is 11.9 Å². The third-order valence-electron chi connectivity index (χ3n) is 2.72. The number of nitrogens with zero attached hydrogens (tertiary/aromatic N) is 1. The van der Waals surface area contributed by atoms with E-state index in [-0.39, 0.29) is 6.04 Å². The van der Waals surface area contributed by atoms with Crippen molar-refractivity contribution in [1.82, 2.24) is 4.98 Å². The van der Waals surface area contributed by atoms with Crippen LogP contribution in [-0.4, -0.2) is 11.0 Å². The molecule has 0 aliphatic heterocycles. The maximum Gasteiger partial charge on any atom is 0.0948 e.